The highest BCUT2D eigenvalue weighted by Crippen LogP contribution is 2.34. The van der Waals surface area contributed by atoms with Gasteiger partial charge in [0.2, 0.25) is 0 Å². The predicted octanol–water partition coefficient (Wildman–Crippen LogP) is 4.47. The van der Waals surface area contributed by atoms with Crippen molar-refractivity contribution in [3.63, 3.8) is 0 Å². The second-order valence-electron chi connectivity index (χ2n) is 5.96. The summed E-state index contributed by atoms with van der Waals surface area (Å²) < 4.78 is 16.1. The van der Waals surface area contributed by atoms with Crippen LogP contribution in [0.2, 0.25) is 0 Å². The minimum Gasteiger partial charge on any atom is -0.497 e. The molecule has 1 aliphatic rings. The molecule has 0 amide bonds. The molecule has 2 aromatic carbocycles. The molecule has 0 fully saturated rings. The standard InChI is InChI=1S/C21H25O3S/c1-22-16-4-10-19(11-5-16)25(20-12-6-17(23-2)7-13-20)21-14-8-18(24-3)9-15-21/h4-8,10-14,18,21H,9,15H2,1-3H3/q+1. The summed E-state index contributed by atoms with van der Waals surface area (Å²) in [4.78, 5) is 2.66. The molecule has 25 heavy (non-hydrogen) atoms. The van der Waals surface area contributed by atoms with E-state index in [-0.39, 0.29) is 17.0 Å². The topological polar surface area (TPSA) is 27.7 Å². The Morgan fingerprint density at radius 1 is 0.720 bits per heavy atom. The van der Waals surface area contributed by atoms with Gasteiger partial charge < -0.3 is 14.2 Å². The molecule has 132 valence electrons. The predicted molar refractivity (Wildman–Crippen MR) is 103 cm³/mol. The minimum absolute atomic E-state index is 0.0286. The summed E-state index contributed by atoms with van der Waals surface area (Å²) in [5.74, 6) is 1.78. The van der Waals surface area contributed by atoms with Crippen LogP contribution in [0.25, 0.3) is 0 Å². The lowest BCUT2D eigenvalue weighted by Crippen LogP contribution is -2.26. The van der Waals surface area contributed by atoms with Crippen LogP contribution in [0.5, 0.6) is 11.5 Å². The van der Waals surface area contributed by atoms with Crippen molar-refractivity contribution < 1.29 is 14.2 Å². The van der Waals surface area contributed by atoms with Crippen LogP contribution in [-0.4, -0.2) is 32.7 Å². The third-order valence-corrected chi connectivity index (χ3v) is 7.07. The quantitative estimate of drug-likeness (QED) is 0.564. The van der Waals surface area contributed by atoms with Crippen LogP contribution in [0, 0.1) is 0 Å². The van der Waals surface area contributed by atoms with Crippen molar-refractivity contribution in [1.82, 2.24) is 0 Å². The number of methoxy groups -OCH3 is 3. The van der Waals surface area contributed by atoms with Gasteiger partial charge in [0.05, 0.1) is 31.2 Å². The lowest BCUT2D eigenvalue weighted by molar-refractivity contribution is 0.128. The molecule has 0 saturated carbocycles. The van der Waals surface area contributed by atoms with Gasteiger partial charge in [-0.15, -0.1) is 0 Å². The number of rotatable bonds is 6. The Labute approximate surface area is 153 Å². The fourth-order valence-electron chi connectivity index (χ4n) is 3.09. The molecule has 0 radical (unpaired) electrons. The number of ether oxygens (including phenoxy) is 3. The Morgan fingerprint density at radius 3 is 1.60 bits per heavy atom. The van der Waals surface area contributed by atoms with Crippen LogP contribution < -0.4 is 9.47 Å². The van der Waals surface area contributed by atoms with Gasteiger partial charge in [-0.05, 0) is 61.0 Å². The molecule has 3 nitrogen and oxygen atoms in total. The molecule has 0 aliphatic heterocycles. The van der Waals surface area contributed by atoms with Gasteiger partial charge in [0.1, 0.15) is 16.7 Å². The van der Waals surface area contributed by atoms with E-state index in [0.717, 1.165) is 24.3 Å². The monoisotopic (exact) mass is 357 g/mol. The zero-order valence-corrected chi connectivity index (χ0v) is 15.8. The maximum atomic E-state index is 5.47. The Kier molecular flexibility index (Phi) is 6.05. The molecule has 2 unspecified atom stereocenters. The highest BCUT2D eigenvalue weighted by Gasteiger charge is 2.36. The Balaban J connectivity index is 1.95. The van der Waals surface area contributed by atoms with E-state index in [9.17, 15) is 0 Å². The summed E-state index contributed by atoms with van der Waals surface area (Å²) in [6.45, 7) is 0. The number of hydrogen-bond acceptors (Lipinski definition) is 3. The summed E-state index contributed by atoms with van der Waals surface area (Å²) in [6, 6.07) is 16.9. The molecule has 0 bridgehead atoms. The van der Waals surface area contributed by atoms with E-state index >= 15 is 0 Å². The van der Waals surface area contributed by atoms with Crippen molar-refractivity contribution in [3.05, 3.63) is 60.7 Å². The highest BCUT2D eigenvalue weighted by atomic mass is 32.2. The molecule has 0 N–H and O–H groups in total. The van der Waals surface area contributed by atoms with Crippen molar-refractivity contribution >= 4 is 10.9 Å². The van der Waals surface area contributed by atoms with Crippen molar-refractivity contribution in [2.24, 2.45) is 0 Å². The fourth-order valence-corrected chi connectivity index (χ4v) is 5.54. The normalized spacial score (nSPS) is 19.8. The number of benzene rings is 2. The van der Waals surface area contributed by atoms with Crippen molar-refractivity contribution in [3.8, 4) is 11.5 Å². The second-order valence-corrected chi connectivity index (χ2v) is 8.19. The van der Waals surface area contributed by atoms with Gasteiger partial charge in [0, 0.05) is 13.5 Å². The average molecular weight is 357 g/mol. The van der Waals surface area contributed by atoms with Crippen LogP contribution in [0.15, 0.2) is 70.5 Å². The first-order valence-corrected chi connectivity index (χ1v) is 9.76. The van der Waals surface area contributed by atoms with E-state index in [1.807, 2.05) is 24.3 Å². The Bertz CT molecular complexity index is 647. The van der Waals surface area contributed by atoms with E-state index in [4.69, 9.17) is 14.2 Å². The van der Waals surface area contributed by atoms with E-state index < -0.39 is 0 Å². The molecular weight excluding hydrogens is 332 g/mol. The highest BCUT2D eigenvalue weighted by molar-refractivity contribution is 7.97. The maximum absolute atomic E-state index is 5.47. The molecule has 0 heterocycles. The van der Waals surface area contributed by atoms with Gasteiger partial charge in [-0.2, -0.15) is 0 Å². The first kappa shape index (κ1) is 17.9. The molecule has 3 rings (SSSR count). The Morgan fingerprint density at radius 2 is 1.24 bits per heavy atom. The largest absolute Gasteiger partial charge is 0.497 e. The van der Waals surface area contributed by atoms with E-state index in [1.54, 1.807) is 21.3 Å². The maximum Gasteiger partial charge on any atom is 0.161 e. The molecule has 0 aromatic heterocycles. The van der Waals surface area contributed by atoms with Crippen LogP contribution in [0.3, 0.4) is 0 Å². The molecular formula is C21H25O3S+. The molecule has 2 aromatic rings. The minimum atomic E-state index is -0.0286. The smallest absolute Gasteiger partial charge is 0.161 e. The molecule has 0 saturated heterocycles. The van der Waals surface area contributed by atoms with Crippen LogP contribution in [0.1, 0.15) is 12.8 Å². The van der Waals surface area contributed by atoms with Crippen LogP contribution in [-0.2, 0) is 15.6 Å². The van der Waals surface area contributed by atoms with Gasteiger partial charge in [-0.1, -0.05) is 6.08 Å². The molecule has 1 aliphatic carbocycles. The first-order valence-electron chi connectivity index (χ1n) is 8.47. The van der Waals surface area contributed by atoms with Gasteiger partial charge in [-0.25, -0.2) is 0 Å². The van der Waals surface area contributed by atoms with Crippen molar-refractivity contribution in [1.29, 1.82) is 0 Å². The van der Waals surface area contributed by atoms with Gasteiger partial charge >= 0.3 is 0 Å². The zero-order chi connectivity index (χ0) is 17.6. The molecule has 2 atom stereocenters. The van der Waals surface area contributed by atoms with Crippen molar-refractivity contribution in [2.45, 2.75) is 34.0 Å². The van der Waals surface area contributed by atoms with E-state index in [0.29, 0.717) is 5.25 Å². The van der Waals surface area contributed by atoms with Gasteiger partial charge in [0.15, 0.2) is 9.79 Å². The fraction of sp³-hybridized carbons (Fsp3) is 0.333. The lowest BCUT2D eigenvalue weighted by atomic mass is 10.1. The third-order valence-electron chi connectivity index (χ3n) is 4.51. The van der Waals surface area contributed by atoms with Crippen molar-refractivity contribution in [2.75, 3.05) is 21.3 Å². The van der Waals surface area contributed by atoms with Gasteiger partial charge in [-0.3, -0.25) is 0 Å². The summed E-state index contributed by atoms with van der Waals surface area (Å²) >= 11 is 0. The molecule has 4 heteroatoms. The zero-order valence-electron chi connectivity index (χ0n) is 15.0. The summed E-state index contributed by atoms with van der Waals surface area (Å²) in [5.41, 5.74) is 0. The molecule has 0 spiro atoms. The summed E-state index contributed by atoms with van der Waals surface area (Å²) in [7, 11) is 5.15. The second kappa shape index (κ2) is 8.45. The average Bonchev–Trinajstić information content (AvgIpc) is 2.70. The van der Waals surface area contributed by atoms with Gasteiger partial charge in [0.25, 0.3) is 0 Å². The van der Waals surface area contributed by atoms with Crippen LogP contribution in [0.4, 0.5) is 0 Å². The third kappa shape index (κ3) is 4.20. The van der Waals surface area contributed by atoms with E-state index in [2.05, 4.69) is 36.4 Å². The number of hydrogen-bond donors (Lipinski definition) is 0. The first-order chi connectivity index (χ1) is 12.2. The summed E-state index contributed by atoms with van der Waals surface area (Å²) in [5, 5.41) is 0.480. The van der Waals surface area contributed by atoms with E-state index in [1.165, 1.54) is 9.79 Å². The summed E-state index contributed by atoms with van der Waals surface area (Å²) in [6.07, 6.45) is 6.97. The van der Waals surface area contributed by atoms with Crippen LogP contribution >= 0.6 is 0 Å². The SMILES string of the molecule is COc1ccc([S+](c2ccc(OC)cc2)C2C=CC(OC)CC2)cc1. The lowest BCUT2D eigenvalue weighted by Gasteiger charge is -2.22. The Hall–Kier alpha value is -1.91.